The van der Waals surface area contributed by atoms with E-state index >= 15 is 0 Å². The Balaban J connectivity index is 0.00000124. The first-order valence-corrected chi connectivity index (χ1v) is 9.81. The van der Waals surface area contributed by atoms with E-state index in [1.807, 2.05) is 32.0 Å². The number of hydrogen-bond donors (Lipinski definition) is 3. The van der Waals surface area contributed by atoms with Crippen LogP contribution in [0.2, 0.25) is 0 Å². The Bertz CT molecular complexity index is 1150. The summed E-state index contributed by atoms with van der Waals surface area (Å²) >= 11 is 0. The topological polar surface area (TPSA) is 113 Å². The molecule has 0 radical (unpaired) electrons. The third kappa shape index (κ3) is 4.57. The quantitative estimate of drug-likeness (QED) is 0.422. The van der Waals surface area contributed by atoms with Gasteiger partial charge in [-0.3, -0.25) is 0 Å². The van der Waals surface area contributed by atoms with E-state index in [4.69, 9.17) is 11.1 Å². The van der Waals surface area contributed by atoms with E-state index in [-0.39, 0.29) is 5.82 Å². The predicted molar refractivity (Wildman–Crippen MR) is 123 cm³/mol. The average Bonchev–Trinajstić information content (AvgIpc) is 2.79. The van der Waals surface area contributed by atoms with Crippen LogP contribution in [0.25, 0.3) is 22.2 Å². The molecule has 4 aromatic rings. The summed E-state index contributed by atoms with van der Waals surface area (Å²) in [6.45, 7) is 6.73. The molecule has 0 unspecified atom stereocenters. The number of nitrogens with zero attached hydrogens (tertiary/aromatic N) is 4. The fourth-order valence-electron chi connectivity index (χ4n) is 2.93. The van der Waals surface area contributed by atoms with Crippen molar-refractivity contribution in [1.29, 1.82) is 5.41 Å². The minimum Gasteiger partial charge on any atom is -0.383 e. The van der Waals surface area contributed by atoms with Gasteiger partial charge in [-0.2, -0.15) is 0 Å². The zero-order valence-electron chi connectivity index (χ0n) is 17.3. The van der Waals surface area contributed by atoms with Gasteiger partial charge in [-0.25, -0.2) is 19.9 Å². The fraction of sp³-hybridized carbons (Fsp3) is 0.174. The molecule has 7 heteroatoms. The highest BCUT2D eigenvalue weighted by molar-refractivity contribution is 5.94. The number of nitrogens with two attached hydrogens (primary N) is 1. The monoisotopic (exact) mass is 399 g/mol. The molecule has 2 aromatic heterocycles. The fourth-order valence-corrected chi connectivity index (χ4v) is 2.93. The predicted octanol–water partition coefficient (Wildman–Crippen LogP) is 4.61. The van der Waals surface area contributed by atoms with Crippen LogP contribution in [-0.4, -0.2) is 26.2 Å². The van der Waals surface area contributed by atoms with Gasteiger partial charge in [0.1, 0.15) is 12.1 Å². The Hall–Kier alpha value is -3.87. The third-order valence-corrected chi connectivity index (χ3v) is 4.48. The molecule has 2 aromatic carbocycles. The van der Waals surface area contributed by atoms with Crippen molar-refractivity contribution in [1.82, 2.24) is 19.9 Å². The maximum absolute atomic E-state index is 7.58. The number of aryl methyl sites for hydroxylation is 1. The van der Waals surface area contributed by atoms with E-state index in [9.17, 15) is 0 Å². The molecule has 0 aliphatic carbocycles. The molecule has 0 fully saturated rings. The lowest BCUT2D eigenvalue weighted by atomic mass is 10.1. The maximum Gasteiger partial charge on any atom is 0.223 e. The van der Waals surface area contributed by atoms with E-state index in [1.54, 1.807) is 6.20 Å². The molecule has 152 valence electrons. The van der Waals surface area contributed by atoms with Crippen molar-refractivity contribution < 1.29 is 0 Å². The van der Waals surface area contributed by atoms with Crippen LogP contribution in [0.15, 0.2) is 55.0 Å². The molecular weight excluding hydrogens is 374 g/mol. The van der Waals surface area contributed by atoms with Crippen LogP contribution in [0.4, 0.5) is 11.8 Å². The number of hydrogen-bond acceptors (Lipinski definition) is 7. The average molecular weight is 400 g/mol. The molecule has 4 N–H and O–H groups in total. The number of fused-ring (bicyclic) bond motifs is 1. The molecule has 30 heavy (non-hydrogen) atoms. The summed E-state index contributed by atoms with van der Waals surface area (Å²) in [5, 5.41) is 11.7. The first-order chi connectivity index (χ1) is 14.6. The van der Waals surface area contributed by atoms with E-state index in [2.05, 4.69) is 56.4 Å². The van der Waals surface area contributed by atoms with E-state index in [0.717, 1.165) is 16.5 Å². The zero-order valence-corrected chi connectivity index (χ0v) is 17.3. The second kappa shape index (κ2) is 9.56. The standard InChI is InChI=1S/C21H19N7.C2H6/c1-13-2-4-14(5-3-13)10-24-21-25-11-16-8-15(6-7-18(16)28-21)19-17(9-22)20(23)27-12-26-19;1-2/h2-9,11-12,22H,10H2,1H3,(H2,23,26,27)(H,24,25,28);1-2H3. The molecule has 0 amide bonds. The summed E-state index contributed by atoms with van der Waals surface area (Å²) < 4.78 is 0. The second-order valence-electron chi connectivity index (χ2n) is 6.47. The number of nitrogen functional groups attached to an aromatic ring is 1. The molecule has 4 rings (SSSR count). The van der Waals surface area contributed by atoms with Crippen LogP contribution >= 0.6 is 0 Å². The van der Waals surface area contributed by atoms with Crippen molar-refractivity contribution in [2.24, 2.45) is 0 Å². The molecule has 0 saturated heterocycles. The molecule has 0 spiro atoms. The third-order valence-electron chi connectivity index (χ3n) is 4.48. The lowest BCUT2D eigenvalue weighted by molar-refractivity contribution is 1.07. The number of rotatable bonds is 5. The number of anilines is 2. The molecule has 7 nitrogen and oxygen atoms in total. The highest BCUT2D eigenvalue weighted by Gasteiger charge is 2.10. The van der Waals surface area contributed by atoms with Crippen LogP contribution in [0.3, 0.4) is 0 Å². The lowest BCUT2D eigenvalue weighted by Gasteiger charge is -2.09. The Morgan fingerprint density at radius 2 is 1.80 bits per heavy atom. The van der Waals surface area contributed by atoms with Gasteiger partial charge in [-0.1, -0.05) is 49.7 Å². The summed E-state index contributed by atoms with van der Waals surface area (Å²) in [6, 6.07) is 14.1. The zero-order chi connectivity index (χ0) is 21.5. The molecular formula is C23H25N7. The molecule has 0 bridgehead atoms. The Kier molecular flexibility index (Phi) is 6.64. The number of aromatic nitrogens is 4. The highest BCUT2D eigenvalue weighted by atomic mass is 15.1. The van der Waals surface area contributed by atoms with E-state index in [0.29, 0.717) is 23.8 Å². The van der Waals surface area contributed by atoms with Crippen molar-refractivity contribution in [3.8, 4) is 11.3 Å². The van der Waals surface area contributed by atoms with Crippen LogP contribution in [0.5, 0.6) is 0 Å². The van der Waals surface area contributed by atoms with E-state index in [1.165, 1.54) is 23.7 Å². The molecule has 0 aliphatic rings. The van der Waals surface area contributed by atoms with Crippen molar-refractivity contribution in [2.45, 2.75) is 27.3 Å². The summed E-state index contributed by atoms with van der Waals surface area (Å²) in [4.78, 5) is 17.2. The largest absolute Gasteiger partial charge is 0.383 e. The molecule has 2 heterocycles. The first-order valence-electron chi connectivity index (χ1n) is 9.81. The van der Waals surface area contributed by atoms with Crippen LogP contribution < -0.4 is 11.1 Å². The van der Waals surface area contributed by atoms with Crippen molar-refractivity contribution in [3.63, 3.8) is 0 Å². The van der Waals surface area contributed by atoms with Crippen molar-refractivity contribution in [3.05, 3.63) is 71.7 Å². The summed E-state index contributed by atoms with van der Waals surface area (Å²) in [7, 11) is 0. The van der Waals surface area contributed by atoms with Gasteiger partial charge in [0.25, 0.3) is 0 Å². The molecule has 0 saturated carbocycles. The van der Waals surface area contributed by atoms with Gasteiger partial charge < -0.3 is 16.5 Å². The molecule has 0 aliphatic heterocycles. The minimum atomic E-state index is 0.284. The normalized spacial score (nSPS) is 10.2. The van der Waals surface area contributed by atoms with Gasteiger partial charge in [0.05, 0.1) is 16.8 Å². The number of benzene rings is 2. The van der Waals surface area contributed by atoms with Gasteiger partial charge in [0.2, 0.25) is 5.95 Å². The second-order valence-corrected chi connectivity index (χ2v) is 6.47. The van der Waals surface area contributed by atoms with Crippen molar-refractivity contribution in [2.75, 3.05) is 11.1 Å². The highest BCUT2D eigenvalue weighted by Crippen LogP contribution is 2.26. The van der Waals surface area contributed by atoms with Gasteiger partial charge in [-0.15, -0.1) is 0 Å². The van der Waals surface area contributed by atoms with Gasteiger partial charge in [0, 0.05) is 29.9 Å². The minimum absolute atomic E-state index is 0.284. The Morgan fingerprint density at radius 1 is 1.03 bits per heavy atom. The first kappa shape index (κ1) is 20.9. The van der Waals surface area contributed by atoms with Crippen LogP contribution in [0, 0.1) is 12.3 Å². The van der Waals surface area contributed by atoms with Gasteiger partial charge in [-0.05, 0) is 24.6 Å². The summed E-state index contributed by atoms with van der Waals surface area (Å²) in [6.07, 6.45) is 4.35. The Morgan fingerprint density at radius 3 is 2.53 bits per heavy atom. The lowest BCUT2D eigenvalue weighted by Crippen LogP contribution is -2.04. The van der Waals surface area contributed by atoms with Crippen LogP contribution in [-0.2, 0) is 6.54 Å². The summed E-state index contributed by atoms with van der Waals surface area (Å²) in [5.74, 6) is 0.860. The van der Waals surface area contributed by atoms with Gasteiger partial charge >= 0.3 is 0 Å². The maximum atomic E-state index is 7.58. The smallest absolute Gasteiger partial charge is 0.223 e. The van der Waals surface area contributed by atoms with Crippen LogP contribution in [0.1, 0.15) is 30.5 Å². The van der Waals surface area contributed by atoms with Gasteiger partial charge in [0.15, 0.2) is 0 Å². The number of nitrogens with one attached hydrogen (secondary N) is 2. The van der Waals surface area contributed by atoms with E-state index < -0.39 is 0 Å². The SMILES string of the molecule is CC.Cc1ccc(CNc2ncc3cc(-c4ncnc(N)c4C=N)ccc3n2)cc1. The summed E-state index contributed by atoms with van der Waals surface area (Å²) in [5.41, 5.74) is 11.0. The molecule has 0 atom stereocenters. The van der Waals surface area contributed by atoms with Crippen molar-refractivity contribution >= 4 is 28.9 Å². The Labute approximate surface area is 176 Å².